The summed E-state index contributed by atoms with van der Waals surface area (Å²) < 4.78 is 13.0. The van der Waals surface area contributed by atoms with Gasteiger partial charge in [0.25, 0.3) is 11.6 Å². The average Bonchev–Trinajstić information content (AvgIpc) is 3.14. The summed E-state index contributed by atoms with van der Waals surface area (Å²) >= 11 is 0. The van der Waals surface area contributed by atoms with Crippen molar-refractivity contribution < 1.29 is 24.0 Å². The third kappa shape index (κ3) is 5.34. The molecule has 0 unspecified atom stereocenters. The molecule has 1 aromatic carbocycles. The van der Waals surface area contributed by atoms with E-state index in [0.717, 1.165) is 17.1 Å². The van der Waals surface area contributed by atoms with Gasteiger partial charge in [-0.15, -0.1) is 0 Å². The van der Waals surface area contributed by atoms with Crippen LogP contribution >= 0.6 is 0 Å². The average molecular weight is 482 g/mol. The van der Waals surface area contributed by atoms with Crippen molar-refractivity contribution in [2.75, 3.05) is 26.2 Å². The van der Waals surface area contributed by atoms with E-state index in [1.807, 2.05) is 32.9 Å². The molecule has 3 aromatic rings. The Labute approximate surface area is 202 Å². The molecule has 0 spiro atoms. The Kier molecular flexibility index (Phi) is 6.33. The van der Waals surface area contributed by atoms with Gasteiger partial charge in [-0.3, -0.25) is 14.9 Å². The second kappa shape index (κ2) is 9.24. The van der Waals surface area contributed by atoms with Crippen LogP contribution in [-0.2, 0) is 11.8 Å². The van der Waals surface area contributed by atoms with E-state index in [0.29, 0.717) is 37.6 Å². The van der Waals surface area contributed by atoms with Crippen molar-refractivity contribution in [3.05, 3.63) is 58.4 Å². The number of aryl methyl sites for hydroxylation is 1. The molecule has 0 aliphatic carbocycles. The van der Waals surface area contributed by atoms with Crippen LogP contribution in [0.1, 0.15) is 31.3 Å². The van der Waals surface area contributed by atoms with E-state index >= 15 is 0 Å². The van der Waals surface area contributed by atoms with Gasteiger partial charge in [0.1, 0.15) is 23.2 Å². The Morgan fingerprint density at radius 1 is 1.03 bits per heavy atom. The molecule has 2 aromatic heterocycles. The summed E-state index contributed by atoms with van der Waals surface area (Å²) in [5, 5.41) is 11.7. The summed E-state index contributed by atoms with van der Waals surface area (Å²) in [5.41, 5.74) is 0.631. The Balaban J connectivity index is 1.45. The standard InChI is InChI=1S/C24H27N5O6/c1-24(2,3)35-23(31)28-11-9-27(10-12-28)22(30)20-13-16-5-7-18(14-19(16)26(20)4)34-21-8-6-17(15-25-21)29(32)33/h5-8,13-15H,9-12H2,1-4H3. The number of benzene rings is 1. The molecule has 35 heavy (non-hydrogen) atoms. The largest absolute Gasteiger partial charge is 0.444 e. The van der Waals surface area contributed by atoms with Gasteiger partial charge in [-0.05, 0) is 39.0 Å². The van der Waals surface area contributed by atoms with Crippen molar-refractivity contribution in [1.82, 2.24) is 19.4 Å². The van der Waals surface area contributed by atoms with Crippen LogP contribution in [0.5, 0.6) is 11.6 Å². The first-order chi connectivity index (χ1) is 16.5. The molecule has 0 saturated carbocycles. The Morgan fingerprint density at radius 2 is 1.71 bits per heavy atom. The van der Waals surface area contributed by atoms with Crippen LogP contribution in [0.3, 0.4) is 0 Å². The number of ether oxygens (including phenoxy) is 2. The van der Waals surface area contributed by atoms with E-state index < -0.39 is 10.5 Å². The number of piperazine rings is 1. The summed E-state index contributed by atoms with van der Waals surface area (Å²) in [6.07, 6.45) is 0.764. The number of nitrogens with zero attached hydrogens (tertiary/aromatic N) is 5. The third-order valence-corrected chi connectivity index (χ3v) is 5.61. The van der Waals surface area contributed by atoms with Crippen molar-refractivity contribution >= 4 is 28.6 Å². The van der Waals surface area contributed by atoms with Crippen LogP contribution in [0.4, 0.5) is 10.5 Å². The lowest BCUT2D eigenvalue weighted by Gasteiger charge is -2.35. The SMILES string of the molecule is Cn1c(C(=O)N2CCN(C(=O)OC(C)(C)C)CC2)cc2ccc(Oc3ccc([N+](=O)[O-])cn3)cc21. The molecule has 0 atom stereocenters. The van der Waals surface area contributed by atoms with Gasteiger partial charge >= 0.3 is 6.09 Å². The number of hydrogen-bond donors (Lipinski definition) is 0. The van der Waals surface area contributed by atoms with Crippen LogP contribution < -0.4 is 4.74 Å². The van der Waals surface area contributed by atoms with E-state index in [-0.39, 0.29) is 23.6 Å². The predicted molar refractivity (Wildman–Crippen MR) is 128 cm³/mol. The van der Waals surface area contributed by atoms with Crippen molar-refractivity contribution in [2.24, 2.45) is 7.05 Å². The molecule has 1 aliphatic heterocycles. The van der Waals surface area contributed by atoms with Crippen molar-refractivity contribution in [3.63, 3.8) is 0 Å². The normalized spacial score (nSPS) is 14.2. The summed E-state index contributed by atoms with van der Waals surface area (Å²) in [6, 6.07) is 9.95. The smallest absolute Gasteiger partial charge is 0.410 e. The molecule has 1 fully saturated rings. The molecular formula is C24H27N5O6. The lowest BCUT2D eigenvalue weighted by molar-refractivity contribution is -0.385. The first-order valence-electron chi connectivity index (χ1n) is 11.2. The Hall–Kier alpha value is -4.15. The zero-order chi connectivity index (χ0) is 25.3. The number of carbonyl (C=O) groups is 2. The zero-order valence-corrected chi connectivity index (χ0v) is 20.1. The predicted octanol–water partition coefficient (Wildman–Crippen LogP) is 3.97. The minimum atomic E-state index is -0.565. The topological polar surface area (TPSA) is 120 Å². The van der Waals surface area contributed by atoms with Crippen LogP contribution in [0.25, 0.3) is 10.9 Å². The van der Waals surface area contributed by atoms with Gasteiger partial charge < -0.3 is 23.8 Å². The van der Waals surface area contributed by atoms with Crippen LogP contribution in [0.2, 0.25) is 0 Å². The van der Waals surface area contributed by atoms with Crippen LogP contribution in [-0.4, -0.2) is 68.1 Å². The number of carbonyl (C=O) groups excluding carboxylic acids is 2. The highest BCUT2D eigenvalue weighted by Crippen LogP contribution is 2.28. The molecule has 3 heterocycles. The first kappa shape index (κ1) is 24.0. The second-order valence-corrected chi connectivity index (χ2v) is 9.28. The van der Waals surface area contributed by atoms with Gasteiger partial charge in [0.15, 0.2) is 0 Å². The number of amides is 2. The van der Waals surface area contributed by atoms with E-state index in [1.54, 1.807) is 33.5 Å². The molecule has 0 bridgehead atoms. The zero-order valence-electron chi connectivity index (χ0n) is 20.1. The van der Waals surface area contributed by atoms with Gasteiger partial charge in [-0.1, -0.05) is 0 Å². The summed E-state index contributed by atoms with van der Waals surface area (Å²) in [6.45, 7) is 7.12. The van der Waals surface area contributed by atoms with Gasteiger partial charge in [0.2, 0.25) is 5.88 Å². The molecule has 0 N–H and O–H groups in total. The van der Waals surface area contributed by atoms with Crippen LogP contribution in [0.15, 0.2) is 42.6 Å². The third-order valence-electron chi connectivity index (χ3n) is 5.61. The number of aromatic nitrogens is 2. The molecule has 0 radical (unpaired) electrons. The molecule has 2 amide bonds. The fraction of sp³-hybridized carbons (Fsp3) is 0.375. The maximum Gasteiger partial charge on any atom is 0.410 e. The Bertz CT molecular complexity index is 1270. The number of nitro groups is 1. The number of rotatable bonds is 4. The molecule has 184 valence electrons. The van der Waals surface area contributed by atoms with E-state index in [2.05, 4.69) is 4.98 Å². The Morgan fingerprint density at radius 3 is 2.31 bits per heavy atom. The van der Waals surface area contributed by atoms with Gasteiger partial charge in [0.05, 0.1) is 10.4 Å². The maximum absolute atomic E-state index is 13.2. The van der Waals surface area contributed by atoms with Crippen LogP contribution in [0, 0.1) is 10.1 Å². The molecule has 4 rings (SSSR count). The highest BCUT2D eigenvalue weighted by atomic mass is 16.6. The minimum absolute atomic E-state index is 0.118. The van der Waals surface area contributed by atoms with Crippen molar-refractivity contribution in [2.45, 2.75) is 26.4 Å². The number of pyridine rings is 1. The van der Waals surface area contributed by atoms with Gasteiger partial charge in [-0.25, -0.2) is 9.78 Å². The number of hydrogen-bond acceptors (Lipinski definition) is 7. The van der Waals surface area contributed by atoms with Gasteiger partial charge in [0, 0.05) is 56.8 Å². The lowest BCUT2D eigenvalue weighted by atomic mass is 10.2. The highest BCUT2D eigenvalue weighted by Gasteiger charge is 2.29. The quantitative estimate of drug-likeness (QED) is 0.408. The fourth-order valence-corrected chi connectivity index (χ4v) is 3.82. The maximum atomic E-state index is 13.2. The molecule has 11 heteroatoms. The number of fused-ring (bicyclic) bond motifs is 1. The molecule has 1 aliphatic rings. The van der Waals surface area contributed by atoms with Gasteiger partial charge in [-0.2, -0.15) is 0 Å². The second-order valence-electron chi connectivity index (χ2n) is 9.28. The van der Waals surface area contributed by atoms with Crippen molar-refractivity contribution in [1.29, 1.82) is 0 Å². The summed E-state index contributed by atoms with van der Waals surface area (Å²) in [7, 11) is 1.81. The summed E-state index contributed by atoms with van der Waals surface area (Å²) in [5.74, 6) is 0.598. The lowest BCUT2D eigenvalue weighted by Crippen LogP contribution is -2.51. The fourth-order valence-electron chi connectivity index (χ4n) is 3.82. The van der Waals surface area contributed by atoms with E-state index in [1.165, 1.54) is 12.1 Å². The molecular weight excluding hydrogens is 454 g/mol. The summed E-state index contributed by atoms with van der Waals surface area (Å²) in [4.78, 5) is 43.1. The minimum Gasteiger partial charge on any atom is -0.444 e. The van der Waals surface area contributed by atoms with E-state index in [9.17, 15) is 19.7 Å². The monoisotopic (exact) mass is 481 g/mol. The highest BCUT2D eigenvalue weighted by molar-refractivity contribution is 5.99. The first-order valence-corrected chi connectivity index (χ1v) is 11.2. The molecule has 11 nitrogen and oxygen atoms in total. The van der Waals surface area contributed by atoms with Crippen molar-refractivity contribution in [3.8, 4) is 11.6 Å². The van der Waals surface area contributed by atoms with E-state index in [4.69, 9.17) is 9.47 Å². The molecule has 1 saturated heterocycles.